The predicted molar refractivity (Wildman–Crippen MR) is 91.9 cm³/mol. The Morgan fingerprint density at radius 3 is 2.39 bits per heavy atom. The van der Waals surface area contributed by atoms with E-state index < -0.39 is 9.84 Å². The van der Waals surface area contributed by atoms with Gasteiger partial charge in [0.25, 0.3) is 0 Å². The molecule has 0 aliphatic heterocycles. The zero-order valence-corrected chi connectivity index (χ0v) is 14.2. The SMILES string of the molecule is Cc1ccc(N/C=C(\C#N)S(=O)(=O)c2ccc(Cl)cc2)c(C)c1. The zero-order valence-electron chi connectivity index (χ0n) is 12.7. The molecule has 2 aromatic carbocycles. The highest BCUT2D eigenvalue weighted by molar-refractivity contribution is 7.95. The number of aryl methyl sites for hydroxylation is 2. The average molecular weight is 347 g/mol. The van der Waals surface area contributed by atoms with Crippen molar-refractivity contribution in [1.82, 2.24) is 0 Å². The van der Waals surface area contributed by atoms with Gasteiger partial charge < -0.3 is 5.32 Å². The third kappa shape index (κ3) is 3.92. The second-order valence-corrected chi connectivity index (χ2v) is 7.40. The van der Waals surface area contributed by atoms with Gasteiger partial charge in [-0.25, -0.2) is 8.42 Å². The molecule has 0 unspecified atom stereocenters. The molecular formula is C17H15ClN2O2S. The lowest BCUT2D eigenvalue weighted by atomic mass is 10.1. The molecule has 0 aliphatic carbocycles. The van der Waals surface area contributed by atoms with Crippen LogP contribution in [0.2, 0.25) is 5.02 Å². The maximum absolute atomic E-state index is 12.5. The summed E-state index contributed by atoms with van der Waals surface area (Å²) in [5, 5.41) is 12.5. The van der Waals surface area contributed by atoms with Gasteiger partial charge in [0.05, 0.1) is 4.90 Å². The highest BCUT2D eigenvalue weighted by atomic mass is 35.5. The summed E-state index contributed by atoms with van der Waals surface area (Å²) < 4.78 is 24.9. The van der Waals surface area contributed by atoms with E-state index in [-0.39, 0.29) is 9.80 Å². The number of sulfone groups is 1. The molecule has 23 heavy (non-hydrogen) atoms. The summed E-state index contributed by atoms with van der Waals surface area (Å²) in [6.45, 7) is 3.88. The van der Waals surface area contributed by atoms with Gasteiger partial charge >= 0.3 is 0 Å². The monoisotopic (exact) mass is 346 g/mol. The molecule has 0 bridgehead atoms. The van der Waals surface area contributed by atoms with Crippen molar-refractivity contribution in [2.75, 3.05) is 5.32 Å². The summed E-state index contributed by atoms with van der Waals surface area (Å²) in [4.78, 5) is -0.336. The number of nitrogens with one attached hydrogen (secondary N) is 1. The number of nitrogens with zero attached hydrogens (tertiary/aromatic N) is 1. The number of rotatable bonds is 4. The molecule has 0 saturated carbocycles. The lowest BCUT2D eigenvalue weighted by Gasteiger charge is -2.08. The quantitative estimate of drug-likeness (QED) is 0.842. The Morgan fingerprint density at radius 2 is 1.83 bits per heavy atom. The number of hydrogen-bond acceptors (Lipinski definition) is 4. The average Bonchev–Trinajstić information content (AvgIpc) is 2.50. The van der Waals surface area contributed by atoms with Crippen LogP contribution in [0, 0.1) is 25.2 Å². The summed E-state index contributed by atoms with van der Waals surface area (Å²) in [7, 11) is -3.88. The summed E-state index contributed by atoms with van der Waals surface area (Å²) >= 11 is 5.76. The molecule has 0 aliphatic rings. The number of anilines is 1. The molecule has 0 aromatic heterocycles. The lowest BCUT2D eigenvalue weighted by molar-refractivity contribution is 0.603. The molecule has 2 rings (SSSR count). The second kappa shape index (κ2) is 6.86. The normalized spacial score (nSPS) is 11.8. The first-order valence-electron chi connectivity index (χ1n) is 6.79. The third-order valence-electron chi connectivity index (χ3n) is 3.26. The first-order chi connectivity index (χ1) is 10.8. The van der Waals surface area contributed by atoms with Gasteiger partial charge in [-0.2, -0.15) is 5.26 Å². The van der Waals surface area contributed by atoms with Crippen LogP contribution in [0.15, 0.2) is 58.5 Å². The van der Waals surface area contributed by atoms with E-state index in [2.05, 4.69) is 5.32 Å². The van der Waals surface area contributed by atoms with Crippen molar-refractivity contribution in [3.63, 3.8) is 0 Å². The van der Waals surface area contributed by atoms with Gasteiger partial charge in [0, 0.05) is 16.9 Å². The fourth-order valence-electron chi connectivity index (χ4n) is 2.03. The summed E-state index contributed by atoms with van der Waals surface area (Å²) in [6.07, 6.45) is 1.21. The van der Waals surface area contributed by atoms with E-state index in [0.29, 0.717) is 5.02 Å². The van der Waals surface area contributed by atoms with Crippen LogP contribution in [0.25, 0.3) is 0 Å². The van der Waals surface area contributed by atoms with E-state index in [9.17, 15) is 13.7 Å². The van der Waals surface area contributed by atoms with Crippen molar-refractivity contribution in [3.8, 4) is 6.07 Å². The molecule has 0 radical (unpaired) electrons. The van der Waals surface area contributed by atoms with E-state index >= 15 is 0 Å². The Morgan fingerprint density at radius 1 is 1.17 bits per heavy atom. The number of hydrogen-bond donors (Lipinski definition) is 1. The van der Waals surface area contributed by atoms with Crippen LogP contribution < -0.4 is 5.32 Å². The van der Waals surface area contributed by atoms with Crippen LogP contribution in [0.4, 0.5) is 5.69 Å². The molecule has 0 fully saturated rings. The van der Waals surface area contributed by atoms with Gasteiger partial charge in [0.15, 0.2) is 4.91 Å². The van der Waals surface area contributed by atoms with Gasteiger partial charge in [0.2, 0.25) is 9.84 Å². The molecule has 0 spiro atoms. The van der Waals surface area contributed by atoms with E-state index in [4.69, 9.17) is 11.6 Å². The van der Waals surface area contributed by atoms with E-state index in [1.54, 1.807) is 6.07 Å². The maximum atomic E-state index is 12.5. The number of allylic oxidation sites excluding steroid dienone is 1. The van der Waals surface area contributed by atoms with Gasteiger partial charge in [-0.3, -0.25) is 0 Å². The molecule has 4 nitrogen and oxygen atoms in total. The molecule has 6 heteroatoms. The largest absolute Gasteiger partial charge is 0.360 e. The number of halogens is 1. The fraction of sp³-hybridized carbons (Fsp3) is 0.118. The zero-order chi connectivity index (χ0) is 17.0. The van der Waals surface area contributed by atoms with Crippen molar-refractivity contribution >= 4 is 27.1 Å². The van der Waals surface area contributed by atoms with E-state index in [1.165, 1.54) is 30.5 Å². The van der Waals surface area contributed by atoms with Crippen molar-refractivity contribution in [3.05, 3.63) is 69.7 Å². The minimum atomic E-state index is -3.88. The van der Waals surface area contributed by atoms with Crippen LogP contribution in [0.3, 0.4) is 0 Å². The Bertz CT molecular complexity index is 895. The van der Waals surface area contributed by atoms with E-state index in [0.717, 1.165) is 16.8 Å². The number of benzene rings is 2. The van der Waals surface area contributed by atoms with Gasteiger partial charge in [-0.1, -0.05) is 29.3 Å². The molecule has 118 valence electrons. The Labute approximate surface area is 140 Å². The molecule has 2 aromatic rings. The van der Waals surface area contributed by atoms with Crippen LogP contribution in [-0.4, -0.2) is 8.42 Å². The molecule has 0 heterocycles. The summed E-state index contributed by atoms with van der Waals surface area (Å²) in [6, 6.07) is 13.1. The Kier molecular flexibility index (Phi) is 5.09. The Balaban J connectivity index is 2.35. The molecule has 0 amide bonds. The van der Waals surface area contributed by atoms with Crippen LogP contribution in [0.5, 0.6) is 0 Å². The van der Waals surface area contributed by atoms with Crippen LogP contribution in [-0.2, 0) is 9.84 Å². The summed E-state index contributed by atoms with van der Waals surface area (Å²) in [5.74, 6) is 0. The second-order valence-electron chi connectivity index (χ2n) is 5.04. The minimum absolute atomic E-state index is 0.0251. The van der Waals surface area contributed by atoms with Crippen molar-refractivity contribution in [2.45, 2.75) is 18.7 Å². The molecule has 0 atom stereocenters. The summed E-state index contributed by atoms with van der Waals surface area (Å²) in [5.41, 5.74) is 2.81. The number of nitriles is 1. The smallest absolute Gasteiger partial charge is 0.218 e. The lowest BCUT2D eigenvalue weighted by Crippen LogP contribution is -2.06. The fourth-order valence-corrected chi connectivity index (χ4v) is 3.24. The molecule has 0 saturated heterocycles. The highest BCUT2D eigenvalue weighted by Crippen LogP contribution is 2.22. The van der Waals surface area contributed by atoms with Crippen molar-refractivity contribution in [2.24, 2.45) is 0 Å². The minimum Gasteiger partial charge on any atom is -0.360 e. The van der Waals surface area contributed by atoms with Crippen molar-refractivity contribution in [1.29, 1.82) is 5.26 Å². The molecule has 1 N–H and O–H groups in total. The van der Waals surface area contributed by atoms with Crippen LogP contribution in [0.1, 0.15) is 11.1 Å². The van der Waals surface area contributed by atoms with E-state index in [1.807, 2.05) is 32.0 Å². The Hall–Kier alpha value is -2.29. The standard InChI is InChI=1S/C17H15ClN2O2S/c1-12-3-8-17(13(2)9-12)20-11-16(10-19)23(21,22)15-6-4-14(18)5-7-15/h3-9,11,20H,1-2H3/b16-11+. The van der Waals surface area contributed by atoms with Gasteiger partial charge in [-0.15, -0.1) is 0 Å². The first kappa shape index (κ1) is 17.1. The third-order valence-corrected chi connectivity index (χ3v) is 5.20. The topological polar surface area (TPSA) is 70.0 Å². The first-order valence-corrected chi connectivity index (χ1v) is 8.65. The maximum Gasteiger partial charge on any atom is 0.218 e. The van der Waals surface area contributed by atoms with Crippen LogP contribution >= 0.6 is 11.6 Å². The van der Waals surface area contributed by atoms with Crippen molar-refractivity contribution < 1.29 is 8.42 Å². The molecular weight excluding hydrogens is 332 g/mol. The predicted octanol–water partition coefficient (Wildman–Crippen LogP) is 4.21. The highest BCUT2D eigenvalue weighted by Gasteiger charge is 2.20. The van der Waals surface area contributed by atoms with Gasteiger partial charge in [-0.05, 0) is 49.7 Å². The van der Waals surface area contributed by atoms with Gasteiger partial charge in [0.1, 0.15) is 6.07 Å².